The number of ether oxygens (including phenoxy) is 2. The van der Waals surface area contributed by atoms with Crippen molar-refractivity contribution in [1.29, 1.82) is 0 Å². The average Bonchev–Trinajstić information content (AvgIpc) is 3.14. The number of thiol groups is 1. The Balaban J connectivity index is -0.000000103. The number of carbonyl (C=O) groups excluding carboxylic acids is 6. The Hall–Kier alpha value is -4.40. The van der Waals surface area contributed by atoms with Crippen molar-refractivity contribution in [2.75, 3.05) is 66.0 Å². The van der Waals surface area contributed by atoms with Crippen molar-refractivity contribution in [2.24, 2.45) is 23.3 Å². The predicted octanol–water partition coefficient (Wildman–Crippen LogP) is 5.06. The fourth-order valence-electron chi connectivity index (χ4n) is 3.83. The fraction of sp³-hybridized carbons (Fsp3) is 0.682. The number of rotatable bonds is 22. The van der Waals surface area contributed by atoms with Crippen LogP contribution in [0.2, 0.25) is 0 Å². The van der Waals surface area contributed by atoms with Gasteiger partial charge in [0.2, 0.25) is 23.6 Å². The number of nitrogens with two attached hydrogens (primary N) is 2. The molecule has 0 heterocycles. The number of aliphatic carboxylic acids is 2. The Labute approximate surface area is 396 Å². The number of nitrogens with one attached hydrogen (secondary N) is 2. The van der Waals surface area contributed by atoms with E-state index in [4.69, 9.17) is 26.4 Å². The summed E-state index contributed by atoms with van der Waals surface area (Å²) in [5, 5.41) is 22.3. The van der Waals surface area contributed by atoms with Crippen molar-refractivity contribution in [2.45, 2.75) is 121 Å². The molecule has 3 unspecified atom stereocenters. The highest BCUT2D eigenvalue weighted by molar-refractivity contribution is 8.01. The maximum Gasteiger partial charge on any atom is 0.333 e. The third-order valence-electron chi connectivity index (χ3n) is 6.72. The standard InChI is InChI=1S/C20H37N3O6S.C6H11NO2.C6H11NO.C5H9NO.C3H6O2S.4CH4/c1-13(2)22-17(26)14(3)11-15(18(27)23(5)6)12-20(4,19(28)29-9-8-21)30-10-7-16(24)25;1-5(2)6(8)9-4-3-7;1-4-6(8)7-5(2)3;1-4-5(7)6(2)3;4-3(5)1-2-6;;;;/h13-15H,7-12,21H2,1-6H3,(H,22,26)(H,24,25);1,3-4,7H2,2H3;4-5H,1H2,2-3H3,(H,7,8);4H,1H2,2-3H3;6H,1-2H2,(H,4,5);4*1H4. The highest BCUT2D eigenvalue weighted by Crippen LogP contribution is 2.36. The lowest BCUT2D eigenvalue weighted by Crippen LogP contribution is -2.43. The Morgan fingerprint density at radius 3 is 1.52 bits per heavy atom. The molecule has 0 saturated heterocycles. The van der Waals surface area contributed by atoms with Crippen LogP contribution in [0.4, 0.5) is 0 Å². The van der Waals surface area contributed by atoms with Crippen molar-refractivity contribution < 1.29 is 58.0 Å². The summed E-state index contributed by atoms with van der Waals surface area (Å²) in [6, 6.07) is 0.187. The largest absolute Gasteiger partial charge is 0.481 e. The zero-order chi connectivity index (χ0) is 48.2. The first-order chi connectivity index (χ1) is 27.6. The van der Waals surface area contributed by atoms with Gasteiger partial charge in [-0.2, -0.15) is 12.6 Å². The highest BCUT2D eigenvalue weighted by atomic mass is 32.2. The zero-order valence-electron chi connectivity index (χ0n) is 37.5. The summed E-state index contributed by atoms with van der Waals surface area (Å²) in [5.74, 6) is -3.63. The van der Waals surface area contributed by atoms with Crippen LogP contribution in [-0.4, -0.2) is 150 Å². The SMILES string of the molecule is C.C.C.C.C=C(C)C(=O)OCCN.C=CC(=O)N(C)C.C=CC(=O)NC(C)C.CC(C)NC(=O)C(C)CC(CC(C)(SCCC(=O)O)C(=O)OCCN)C(=O)N(C)C.O=C(O)CCS. The molecule has 3 atom stereocenters. The number of carboxylic acids is 2. The lowest BCUT2D eigenvalue weighted by Gasteiger charge is -2.32. The number of carboxylic acid groups (broad SMARTS) is 2. The number of hydrogen-bond acceptors (Lipinski definition) is 14. The molecule has 0 radical (unpaired) electrons. The number of thioether (sulfide) groups is 1. The minimum atomic E-state index is -1.14. The van der Waals surface area contributed by atoms with E-state index in [0.29, 0.717) is 17.9 Å². The number of esters is 2. The molecule has 4 amide bonds. The normalized spacial score (nSPS) is 11.0. The van der Waals surface area contributed by atoms with Crippen LogP contribution < -0.4 is 22.1 Å². The molecule has 0 aliphatic heterocycles. The molecule has 0 aromatic rings. The van der Waals surface area contributed by atoms with Crippen LogP contribution in [0.1, 0.15) is 104 Å². The maximum atomic E-state index is 12.8. The minimum Gasteiger partial charge on any atom is -0.481 e. The van der Waals surface area contributed by atoms with E-state index in [0.717, 1.165) is 11.8 Å². The van der Waals surface area contributed by atoms with Gasteiger partial charge in [0.15, 0.2) is 0 Å². The second kappa shape index (κ2) is 48.1. The molecule has 0 aliphatic carbocycles. The van der Waals surface area contributed by atoms with Gasteiger partial charge in [-0.05, 0) is 66.5 Å². The summed E-state index contributed by atoms with van der Waals surface area (Å²) in [6.07, 6.45) is 2.96. The van der Waals surface area contributed by atoms with Crippen LogP contribution in [0.25, 0.3) is 0 Å². The monoisotopic (exact) mass is 959 g/mol. The van der Waals surface area contributed by atoms with Gasteiger partial charge < -0.3 is 51.6 Å². The van der Waals surface area contributed by atoms with Gasteiger partial charge in [0.25, 0.3) is 0 Å². The second-order valence-electron chi connectivity index (χ2n) is 14.0. The van der Waals surface area contributed by atoms with Gasteiger partial charge in [0.05, 0.1) is 12.8 Å². The lowest BCUT2D eigenvalue weighted by molar-refractivity contribution is -0.147. The second-order valence-corrected chi connectivity index (χ2v) is 16.0. The molecule has 20 heteroatoms. The number of hydrogen-bond donors (Lipinski definition) is 7. The quantitative estimate of drug-likeness (QED) is 0.0425. The molecule has 0 aromatic carbocycles. The summed E-state index contributed by atoms with van der Waals surface area (Å²) in [7, 11) is 6.61. The van der Waals surface area contributed by atoms with Crippen molar-refractivity contribution in [3.63, 3.8) is 0 Å². The van der Waals surface area contributed by atoms with Gasteiger partial charge in [0, 0.05) is 82.3 Å². The van der Waals surface area contributed by atoms with E-state index in [2.05, 4.69) is 47.7 Å². The molecule has 0 aliphatic rings. The number of carbonyl (C=O) groups is 8. The maximum absolute atomic E-state index is 12.8. The van der Waals surface area contributed by atoms with Gasteiger partial charge in [-0.25, -0.2) is 4.79 Å². The summed E-state index contributed by atoms with van der Waals surface area (Å²) < 4.78 is 8.67. The molecular weight excluding hydrogens is 869 g/mol. The summed E-state index contributed by atoms with van der Waals surface area (Å²) in [6.45, 7) is 23.3. The van der Waals surface area contributed by atoms with Crippen LogP contribution in [0, 0.1) is 11.8 Å². The Morgan fingerprint density at radius 2 is 1.23 bits per heavy atom. The van der Waals surface area contributed by atoms with Crippen LogP contribution >= 0.6 is 24.4 Å². The van der Waals surface area contributed by atoms with Crippen molar-refractivity contribution in [3.05, 3.63) is 37.5 Å². The Bertz CT molecular complexity index is 1350. The number of likely N-dealkylation sites (N-methyl/N-ethyl adjacent to an activating group) is 1. The highest BCUT2D eigenvalue weighted by Gasteiger charge is 2.41. The van der Waals surface area contributed by atoms with E-state index in [1.54, 1.807) is 49.0 Å². The molecule has 380 valence electrons. The number of amides is 4. The summed E-state index contributed by atoms with van der Waals surface area (Å²) in [5.41, 5.74) is 10.9. The first-order valence-electron chi connectivity index (χ1n) is 19.0. The number of nitrogens with zero attached hydrogens (tertiary/aromatic N) is 2. The van der Waals surface area contributed by atoms with E-state index >= 15 is 0 Å². The fourth-order valence-corrected chi connectivity index (χ4v) is 5.25. The van der Waals surface area contributed by atoms with Crippen molar-refractivity contribution >= 4 is 71.9 Å². The summed E-state index contributed by atoms with van der Waals surface area (Å²) >= 11 is 4.83. The van der Waals surface area contributed by atoms with Crippen LogP contribution in [0.3, 0.4) is 0 Å². The molecule has 0 spiro atoms. The molecule has 8 N–H and O–H groups in total. The van der Waals surface area contributed by atoms with Crippen LogP contribution in [0.15, 0.2) is 37.5 Å². The van der Waals surface area contributed by atoms with Gasteiger partial charge >= 0.3 is 23.9 Å². The van der Waals surface area contributed by atoms with Crippen molar-refractivity contribution in [3.8, 4) is 0 Å². The lowest BCUT2D eigenvalue weighted by atomic mass is 9.86. The topological polar surface area (TPSA) is 278 Å². The Morgan fingerprint density at radius 1 is 0.781 bits per heavy atom. The van der Waals surface area contributed by atoms with E-state index < -0.39 is 34.5 Å². The molecule has 18 nitrogen and oxygen atoms in total. The van der Waals surface area contributed by atoms with E-state index in [9.17, 15) is 38.4 Å². The molecular formula is C44H90N6O12S2. The van der Waals surface area contributed by atoms with E-state index in [-0.39, 0.29) is 123 Å². The van der Waals surface area contributed by atoms with Gasteiger partial charge in [-0.15, -0.1) is 11.8 Å². The van der Waals surface area contributed by atoms with E-state index in [1.807, 2.05) is 27.7 Å². The van der Waals surface area contributed by atoms with Gasteiger partial charge in [-0.3, -0.25) is 33.6 Å². The average molecular weight is 959 g/mol. The van der Waals surface area contributed by atoms with Crippen LogP contribution in [-0.2, 0) is 47.8 Å². The van der Waals surface area contributed by atoms with Crippen molar-refractivity contribution in [1.82, 2.24) is 20.4 Å². The van der Waals surface area contributed by atoms with Crippen LogP contribution in [0.5, 0.6) is 0 Å². The molecule has 0 aromatic heterocycles. The summed E-state index contributed by atoms with van der Waals surface area (Å²) in [4.78, 5) is 92.5. The molecule has 0 saturated carbocycles. The van der Waals surface area contributed by atoms with Gasteiger partial charge in [-0.1, -0.05) is 56.4 Å². The smallest absolute Gasteiger partial charge is 0.333 e. The Kier molecular flexibility index (Phi) is 60.0. The first kappa shape index (κ1) is 79.9. The molecule has 0 bridgehead atoms. The third kappa shape index (κ3) is 50.2. The minimum absolute atomic E-state index is 0. The first-order valence-corrected chi connectivity index (χ1v) is 20.6. The molecule has 0 fully saturated rings. The van der Waals surface area contributed by atoms with E-state index in [1.165, 1.54) is 22.0 Å². The molecule has 64 heavy (non-hydrogen) atoms. The predicted molar refractivity (Wildman–Crippen MR) is 267 cm³/mol. The molecule has 0 rings (SSSR count). The zero-order valence-corrected chi connectivity index (χ0v) is 39.2. The third-order valence-corrected chi connectivity index (χ3v) is 8.32. The van der Waals surface area contributed by atoms with Gasteiger partial charge in [0.1, 0.15) is 18.0 Å².